The normalized spacial score (nSPS) is 13.3. The molecule has 0 N–H and O–H groups in total. The van der Waals surface area contributed by atoms with E-state index in [0.29, 0.717) is 11.2 Å². The van der Waals surface area contributed by atoms with Crippen molar-refractivity contribution in [3.63, 3.8) is 0 Å². The minimum Gasteiger partial charge on any atom is -0.318 e. The van der Waals surface area contributed by atoms with Crippen LogP contribution in [0.5, 0.6) is 0 Å². The maximum atomic E-state index is 12.5. The number of hydrogen-bond donors (Lipinski definition) is 0. The van der Waals surface area contributed by atoms with Crippen LogP contribution in [0.4, 0.5) is 0 Å². The molecule has 0 unspecified atom stereocenters. The van der Waals surface area contributed by atoms with E-state index in [-0.39, 0.29) is 28.8 Å². The summed E-state index contributed by atoms with van der Waals surface area (Å²) in [4.78, 5) is 64.5. The van der Waals surface area contributed by atoms with Crippen molar-refractivity contribution in [2.45, 2.75) is 0 Å². The van der Waals surface area contributed by atoms with Gasteiger partial charge < -0.3 is 4.90 Å². The monoisotopic (exact) mass is 413 g/mol. The third-order valence-corrected chi connectivity index (χ3v) is 4.81. The van der Waals surface area contributed by atoms with Crippen molar-refractivity contribution in [3.8, 4) is 0 Å². The van der Waals surface area contributed by atoms with Crippen LogP contribution in [0.2, 0.25) is 0 Å². The Bertz CT molecular complexity index is 987. The second-order valence-electron chi connectivity index (χ2n) is 5.98. The molecule has 1 heterocycles. The molecule has 0 bridgehead atoms. The second-order valence-corrected chi connectivity index (χ2v) is 8.24. The number of imide groups is 1. The zero-order chi connectivity index (χ0) is 21.2. The Balaban J connectivity index is 2.37. The van der Waals surface area contributed by atoms with Gasteiger partial charge in [-0.15, -0.1) is 10.1 Å². The first-order chi connectivity index (χ1) is 13.0. The number of benzene rings is 1. The van der Waals surface area contributed by atoms with Crippen LogP contribution < -0.4 is 0 Å². The highest BCUT2D eigenvalue weighted by Gasteiger charge is 2.37. The Labute approximate surface area is 158 Å². The molecule has 1 aliphatic heterocycles. The lowest BCUT2D eigenvalue weighted by atomic mass is 9.99. The number of nitrogens with zero attached hydrogens (tertiary/aromatic N) is 3. The summed E-state index contributed by atoms with van der Waals surface area (Å²) < 4.78 is 22.6. The van der Waals surface area contributed by atoms with Crippen LogP contribution >= 0.6 is 0 Å². The molecule has 0 radical (unpaired) electrons. The minimum atomic E-state index is -3.44. The average Bonchev–Trinajstić information content (AvgIpc) is 2.85. The quantitative estimate of drug-likeness (QED) is 0.178. The number of hydrogen-bond acceptors (Lipinski definition) is 9. The van der Waals surface area contributed by atoms with Crippen molar-refractivity contribution in [2.24, 2.45) is 0 Å². The molecule has 1 aromatic carbocycles. The molecule has 3 amide bonds. The number of carbonyl (C=O) groups excluding carboxylic acids is 4. The van der Waals surface area contributed by atoms with Gasteiger partial charge in [-0.25, -0.2) is 8.42 Å². The molecular weight excluding hydrogens is 398 g/mol. The summed E-state index contributed by atoms with van der Waals surface area (Å²) in [6.45, 7) is -1.09. The summed E-state index contributed by atoms with van der Waals surface area (Å²) in [6, 6.07) is 2.09. The first-order valence-corrected chi connectivity index (χ1v) is 9.72. The van der Waals surface area contributed by atoms with E-state index in [1.54, 1.807) is 0 Å². The lowest BCUT2D eigenvalue weighted by Gasteiger charge is -2.17. The maximum absolute atomic E-state index is 12.5. The molecular formula is C15H15N3O9S. The number of fused-ring (bicyclic) bond motifs is 1. The number of aldehydes is 1. The lowest BCUT2D eigenvalue weighted by molar-refractivity contribution is -0.761. The predicted molar refractivity (Wildman–Crippen MR) is 91.9 cm³/mol. The summed E-state index contributed by atoms with van der Waals surface area (Å²) in [5.74, 6) is -2.87. The van der Waals surface area contributed by atoms with Gasteiger partial charge in [0.15, 0.2) is 13.0 Å². The van der Waals surface area contributed by atoms with Gasteiger partial charge in [0.25, 0.3) is 22.8 Å². The summed E-state index contributed by atoms with van der Waals surface area (Å²) in [5.41, 5.74) is -0.769. The number of sulfone groups is 1. The summed E-state index contributed by atoms with van der Waals surface area (Å²) >= 11 is 0. The van der Waals surface area contributed by atoms with E-state index < -0.39 is 45.1 Å². The van der Waals surface area contributed by atoms with E-state index in [1.807, 2.05) is 0 Å². The van der Waals surface area contributed by atoms with Gasteiger partial charge in [0, 0.05) is 25.4 Å². The Morgan fingerprint density at radius 1 is 1.29 bits per heavy atom. The zero-order valence-electron chi connectivity index (χ0n) is 14.8. The fraction of sp³-hybridized carbons (Fsp3) is 0.333. The van der Waals surface area contributed by atoms with E-state index in [9.17, 15) is 37.7 Å². The average molecular weight is 413 g/mol. The number of rotatable bonds is 8. The van der Waals surface area contributed by atoms with Gasteiger partial charge in [-0.05, 0) is 12.1 Å². The molecule has 150 valence electrons. The largest absolute Gasteiger partial charge is 0.318 e. The van der Waals surface area contributed by atoms with Crippen molar-refractivity contribution in [1.29, 1.82) is 0 Å². The third-order valence-electron chi connectivity index (χ3n) is 3.89. The van der Waals surface area contributed by atoms with E-state index >= 15 is 0 Å². The molecule has 2 rings (SSSR count). The molecule has 0 aromatic heterocycles. The first-order valence-electron chi connectivity index (χ1n) is 7.66. The van der Waals surface area contributed by atoms with E-state index in [2.05, 4.69) is 4.84 Å². The molecule has 0 atom stereocenters. The van der Waals surface area contributed by atoms with Gasteiger partial charge in [-0.2, -0.15) is 0 Å². The highest BCUT2D eigenvalue weighted by molar-refractivity contribution is 7.90. The van der Waals surface area contributed by atoms with Crippen molar-refractivity contribution in [2.75, 3.05) is 32.3 Å². The third kappa shape index (κ3) is 4.31. The van der Waals surface area contributed by atoms with E-state index in [1.165, 1.54) is 7.05 Å². The Morgan fingerprint density at radius 3 is 2.36 bits per heavy atom. The van der Waals surface area contributed by atoms with Crippen LogP contribution in [0.3, 0.4) is 0 Å². The van der Waals surface area contributed by atoms with Crippen molar-refractivity contribution in [1.82, 2.24) is 9.80 Å². The lowest BCUT2D eigenvalue weighted by Crippen LogP contribution is -2.34. The second kappa shape index (κ2) is 7.72. The molecule has 1 aliphatic rings. The first kappa shape index (κ1) is 21.0. The topological polar surface area (TPSA) is 161 Å². The van der Waals surface area contributed by atoms with Gasteiger partial charge in [-0.1, -0.05) is 0 Å². The zero-order valence-corrected chi connectivity index (χ0v) is 15.6. The van der Waals surface area contributed by atoms with Crippen LogP contribution in [0.15, 0.2) is 12.1 Å². The van der Waals surface area contributed by atoms with Crippen LogP contribution in [0.25, 0.3) is 0 Å². The fourth-order valence-corrected chi connectivity index (χ4v) is 3.01. The van der Waals surface area contributed by atoms with Gasteiger partial charge in [-0.3, -0.25) is 28.9 Å². The van der Waals surface area contributed by atoms with Crippen LogP contribution in [0, 0.1) is 10.1 Å². The van der Waals surface area contributed by atoms with E-state index in [0.717, 1.165) is 23.3 Å². The summed E-state index contributed by atoms with van der Waals surface area (Å²) in [7, 11) is -2.26. The predicted octanol–water partition coefficient (Wildman–Crippen LogP) is -0.622. The molecule has 0 fully saturated rings. The Morgan fingerprint density at radius 2 is 1.86 bits per heavy atom. The molecule has 0 spiro atoms. The molecule has 0 aliphatic carbocycles. The molecule has 0 saturated carbocycles. The highest BCUT2D eigenvalue weighted by Crippen LogP contribution is 2.26. The van der Waals surface area contributed by atoms with Crippen LogP contribution in [-0.4, -0.2) is 79.6 Å². The van der Waals surface area contributed by atoms with E-state index in [4.69, 9.17) is 0 Å². The van der Waals surface area contributed by atoms with Crippen molar-refractivity contribution in [3.05, 3.63) is 44.5 Å². The molecule has 12 nitrogen and oxygen atoms in total. The molecule has 0 saturated heterocycles. The number of carbonyl (C=O) groups is 4. The van der Waals surface area contributed by atoms with Gasteiger partial charge >= 0.3 is 0 Å². The van der Waals surface area contributed by atoms with Gasteiger partial charge in [0.05, 0.1) is 22.4 Å². The standard InChI is InChI=1S/C15H15N3O9S/c1-16(8-27-18(23)24)13(20)10-6-12-11(5-9(10)7-19)14(21)17(15(12)22)3-4-28(2,25)26/h5-7H,3-4,8H2,1-2H3. The van der Waals surface area contributed by atoms with Crippen molar-refractivity contribution < 1.29 is 37.5 Å². The Kier molecular flexibility index (Phi) is 5.78. The van der Waals surface area contributed by atoms with Crippen molar-refractivity contribution >= 4 is 33.8 Å². The highest BCUT2D eigenvalue weighted by atomic mass is 32.2. The maximum Gasteiger partial charge on any atom is 0.296 e. The molecule has 13 heteroatoms. The number of amides is 3. The fourth-order valence-electron chi connectivity index (χ4n) is 2.49. The van der Waals surface area contributed by atoms with Crippen LogP contribution in [0.1, 0.15) is 41.4 Å². The Hall–Kier alpha value is -3.35. The smallest absolute Gasteiger partial charge is 0.296 e. The summed E-state index contributed by atoms with van der Waals surface area (Å²) in [5, 5.41) is 9.14. The van der Waals surface area contributed by atoms with Gasteiger partial charge in [0.2, 0.25) is 0 Å². The molecule has 28 heavy (non-hydrogen) atoms. The van der Waals surface area contributed by atoms with Crippen LogP contribution in [-0.2, 0) is 14.7 Å². The molecule has 1 aromatic rings. The SMILES string of the molecule is CN(CO[N+](=O)[O-])C(=O)c1cc2c(cc1C=O)C(=O)N(CCS(C)(=O)=O)C2=O. The summed E-state index contributed by atoms with van der Waals surface area (Å²) in [6.07, 6.45) is 1.25. The minimum absolute atomic E-state index is 0.138. The van der Waals surface area contributed by atoms with Gasteiger partial charge in [0.1, 0.15) is 9.84 Å².